The molecule has 164 valence electrons. The lowest BCUT2D eigenvalue weighted by molar-refractivity contribution is -0.167. The number of hydrogen-bond acceptors (Lipinski definition) is 6. The molecule has 0 amide bonds. The number of carbonyl (C=O) groups is 2. The van der Waals surface area contributed by atoms with E-state index < -0.39 is 23.7 Å². The van der Waals surface area contributed by atoms with Gasteiger partial charge in [0.1, 0.15) is 12.1 Å². The van der Waals surface area contributed by atoms with E-state index in [2.05, 4.69) is 24.3 Å². The molecule has 30 heavy (non-hydrogen) atoms. The first-order valence-corrected chi connectivity index (χ1v) is 11.6. The van der Waals surface area contributed by atoms with Crippen LogP contribution in [0.15, 0.2) is 23.8 Å². The van der Waals surface area contributed by atoms with E-state index in [-0.39, 0.29) is 22.9 Å². The number of aliphatic hydroxyl groups excluding tert-OH is 2. The van der Waals surface area contributed by atoms with Crippen molar-refractivity contribution in [3.05, 3.63) is 23.8 Å². The van der Waals surface area contributed by atoms with Gasteiger partial charge < -0.3 is 10.2 Å². The highest BCUT2D eigenvalue weighted by Gasteiger charge is 2.70. The predicted molar refractivity (Wildman–Crippen MR) is 112 cm³/mol. The van der Waals surface area contributed by atoms with Gasteiger partial charge in [0.05, 0.1) is 6.10 Å². The third kappa shape index (κ3) is 2.45. The van der Waals surface area contributed by atoms with Crippen LogP contribution in [0.2, 0.25) is 0 Å². The molecule has 1 heterocycles. The Morgan fingerprint density at radius 1 is 1.33 bits per heavy atom. The quantitative estimate of drug-likeness (QED) is 0.652. The number of nitrogens with zero attached hydrogens (tertiary/aromatic N) is 1. The molecule has 1 aliphatic heterocycles. The van der Waals surface area contributed by atoms with Crippen molar-refractivity contribution in [1.82, 2.24) is 10.4 Å². The van der Waals surface area contributed by atoms with Gasteiger partial charge in [0.2, 0.25) is 0 Å². The van der Waals surface area contributed by atoms with Crippen LogP contribution in [0, 0.1) is 28.6 Å². The summed E-state index contributed by atoms with van der Waals surface area (Å²) in [6, 6.07) is 0. The lowest BCUT2D eigenvalue weighted by Crippen LogP contribution is -2.69. The van der Waals surface area contributed by atoms with E-state index in [4.69, 9.17) is 0 Å². The summed E-state index contributed by atoms with van der Waals surface area (Å²) in [5, 5.41) is 23.6. The highest BCUT2D eigenvalue weighted by atomic mass is 16.3. The fraction of sp³-hybridized carbons (Fsp3) is 0.750. The smallest absolute Gasteiger partial charge is 0.180 e. The second-order valence-electron chi connectivity index (χ2n) is 10.6. The fourth-order valence-corrected chi connectivity index (χ4v) is 8.37. The van der Waals surface area contributed by atoms with E-state index in [1.165, 1.54) is 0 Å². The summed E-state index contributed by atoms with van der Waals surface area (Å²) in [6.07, 6.45) is 9.93. The molecular weight excluding hydrogens is 380 g/mol. The molecule has 0 aromatic rings. The second kappa shape index (κ2) is 6.83. The summed E-state index contributed by atoms with van der Waals surface area (Å²) < 4.78 is 0. The lowest BCUT2D eigenvalue weighted by Gasteiger charge is -2.61. The van der Waals surface area contributed by atoms with Crippen molar-refractivity contribution in [2.75, 3.05) is 19.7 Å². The maximum atomic E-state index is 13.3. The summed E-state index contributed by atoms with van der Waals surface area (Å²) in [7, 11) is 0. The van der Waals surface area contributed by atoms with Gasteiger partial charge in [0.15, 0.2) is 11.6 Å². The number of allylic oxidation sites excluding steroid dienone is 4. The zero-order valence-electron chi connectivity index (χ0n) is 18.1. The molecule has 0 aromatic heterocycles. The Hall–Kier alpha value is -1.34. The van der Waals surface area contributed by atoms with E-state index in [0.717, 1.165) is 50.8 Å². The van der Waals surface area contributed by atoms with Crippen LogP contribution in [0.4, 0.5) is 0 Å². The van der Waals surface area contributed by atoms with Crippen LogP contribution >= 0.6 is 0 Å². The van der Waals surface area contributed by atoms with Crippen molar-refractivity contribution in [3.8, 4) is 0 Å². The van der Waals surface area contributed by atoms with Crippen LogP contribution in [0.3, 0.4) is 0 Å². The molecule has 4 aliphatic carbocycles. The molecule has 1 saturated heterocycles. The summed E-state index contributed by atoms with van der Waals surface area (Å²) in [6.45, 7) is 5.55. The van der Waals surface area contributed by atoms with Gasteiger partial charge in [0.25, 0.3) is 0 Å². The molecule has 3 N–H and O–H groups in total. The molecule has 4 fully saturated rings. The Kier molecular flexibility index (Phi) is 4.68. The van der Waals surface area contributed by atoms with E-state index in [1.54, 1.807) is 12.2 Å². The Bertz CT molecular complexity index is 831. The fourth-order valence-electron chi connectivity index (χ4n) is 8.37. The summed E-state index contributed by atoms with van der Waals surface area (Å²) in [5.74, 6) is 0.609. The highest BCUT2D eigenvalue weighted by Crippen LogP contribution is 2.68. The van der Waals surface area contributed by atoms with Gasteiger partial charge in [-0.05, 0) is 67.9 Å². The number of nitrogens with one attached hydrogen (secondary N) is 1. The van der Waals surface area contributed by atoms with Gasteiger partial charge in [-0.25, -0.2) is 5.01 Å². The first-order chi connectivity index (χ1) is 14.3. The molecule has 0 bridgehead atoms. The Labute approximate surface area is 178 Å². The molecule has 0 aromatic carbocycles. The molecular formula is C24H34N2O4. The third-order valence-electron chi connectivity index (χ3n) is 9.57. The number of rotatable bonds is 3. The standard InChI is InChI=1S/C24H34N2O4/c1-22-8-6-16(28)12-15(22)4-5-17-18-7-9-24(20(30)14-27,26-11-3-10-25-26)23(18,2)13-19(29)21(17)22/h6,8,12,17-19,21,25,27,29H,3-5,7,9-11,13-14H2,1-2H3/t17-,18-,19-,21+,22-,23-,24-/m0/s1. The zero-order valence-corrected chi connectivity index (χ0v) is 18.1. The van der Waals surface area contributed by atoms with Gasteiger partial charge in [-0.3, -0.25) is 15.0 Å². The number of hydrogen-bond donors (Lipinski definition) is 3. The molecule has 6 nitrogen and oxygen atoms in total. The number of Topliss-reactive ketones (excluding diaryl/α,β-unsaturated/α-hetero) is 1. The average Bonchev–Trinajstić information content (AvgIpc) is 3.34. The first-order valence-electron chi connectivity index (χ1n) is 11.6. The minimum atomic E-state index is -0.760. The van der Waals surface area contributed by atoms with Crippen molar-refractivity contribution >= 4 is 11.6 Å². The predicted octanol–water partition coefficient (Wildman–Crippen LogP) is 1.78. The molecule has 0 radical (unpaired) electrons. The number of hydrazine groups is 1. The average molecular weight is 415 g/mol. The van der Waals surface area contributed by atoms with Crippen LogP contribution in [-0.4, -0.2) is 58.1 Å². The molecule has 3 saturated carbocycles. The molecule has 5 rings (SSSR count). The van der Waals surface area contributed by atoms with E-state index in [1.807, 2.05) is 6.08 Å². The van der Waals surface area contributed by atoms with E-state index in [0.29, 0.717) is 18.3 Å². The Balaban J connectivity index is 1.57. The van der Waals surface area contributed by atoms with Gasteiger partial charge in [0, 0.05) is 24.4 Å². The molecule has 7 atom stereocenters. The minimum absolute atomic E-state index is 0.0459. The summed E-state index contributed by atoms with van der Waals surface area (Å²) >= 11 is 0. The SMILES string of the molecule is C[C@]12C=CC(=O)C=C1CC[C@@H]1[C@@H]2[C@@H](O)C[C@@]2(C)[C@H]1CC[C@@]2(C(=O)CO)N1CCCN1. The van der Waals surface area contributed by atoms with Crippen molar-refractivity contribution < 1.29 is 19.8 Å². The largest absolute Gasteiger partial charge is 0.393 e. The maximum Gasteiger partial charge on any atom is 0.180 e. The van der Waals surface area contributed by atoms with Gasteiger partial charge in [-0.2, -0.15) is 0 Å². The normalized spacial score (nSPS) is 48.1. The first kappa shape index (κ1) is 20.6. The minimum Gasteiger partial charge on any atom is -0.393 e. The monoisotopic (exact) mass is 414 g/mol. The van der Waals surface area contributed by atoms with Crippen LogP contribution in [0.5, 0.6) is 0 Å². The van der Waals surface area contributed by atoms with Crippen LogP contribution < -0.4 is 5.43 Å². The molecule has 0 spiro atoms. The highest BCUT2D eigenvalue weighted by molar-refractivity contribution is 6.01. The summed E-state index contributed by atoms with van der Waals surface area (Å²) in [5.41, 5.74) is 3.12. The van der Waals surface area contributed by atoms with Gasteiger partial charge >= 0.3 is 0 Å². The third-order valence-corrected chi connectivity index (χ3v) is 9.57. The second-order valence-corrected chi connectivity index (χ2v) is 10.6. The number of fused-ring (bicyclic) bond motifs is 5. The number of aliphatic hydroxyl groups is 2. The van der Waals surface area contributed by atoms with Gasteiger partial charge in [-0.1, -0.05) is 25.5 Å². The van der Waals surface area contributed by atoms with E-state index in [9.17, 15) is 19.8 Å². The molecule has 6 heteroatoms. The van der Waals surface area contributed by atoms with Crippen molar-refractivity contribution in [3.63, 3.8) is 0 Å². The molecule has 0 unspecified atom stereocenters. The maximum absolute atomic E-state index is 13.3. The lowest BCUT2D eigenvalue weighted by atomic mass is 9.45. The van der Waals surface area contributed by atoms with Crippen LogP contribution in [0.25, 0.3) is 0 Å². The van der Waals surface area contributed by atoms with Crippen molar-refractivity contribution in [1.29, 1.82) is 0 Å². The van der Waals surface area contributed by atoms with Crippen LogP contribution in [0.1, 0.15) is 52.4 Å². The van der Waals surface area contributed by atoms with E-state index >= 15 is 0 Å². The molecule has 5 aliphatic rings. The van der Waals surface area contributed by atoms with Gasteiger partial charge in [-0.15, -0.1) is 0 Å². The van der Waals surface area contributed by atoms with Crippen LogP contribution in [-0.2, 0) is 9.59 Å². The Morgan fingerprint density at radius 3 is 2.83 bits per heavy atom. The topological polar surface area (TPSA) is 89.9 Å². The van der Waals surface area contributed by atoms with Crippen molar-refractivity contribution in [2.45, 2.75) is 64.0 Å². The van der Waals surface area contributed by atoms with Crippen molar-refractivity contribution in [2.24, 2.45) is 28.6 Å². The number of carbonyl (C=O) groups excluding carboxylic acids is 2. The zero-order chi connectivity index (χ0) is 21.3. The summed E-state index contributed by atoms with van der Waals surface area (Å²) in [4.78, 5) is 25.3. The number of ketones is 2. The Morgan fingerprint density at radius 2 is 2.13 bits per heavy atom.